The molecule has 2 heterocycles. The first-order valence-electron chi connectivity index (χ1n) is 5.63. The number of rotatable bonds is 2. The van der Waals surface area contributed by atoms with Crippen LogP contribution in [0.1, 0.15) is 6.42 Å². The molecule has 17 heavy (non-hydrogen) atoms. The van der Waals surface area contributed by atoms with Crippen LogP contribution in [0.3, 0.4) is 0 Å². The molecular formula is C10H16N2O5. The summed E-state index contributed by atoms with van der Waals surface area (Å²) in [6.45, 7) is 1.58. The zero-order valence-corrected chi connectivity index (χ0v) is 9.33. The lowest BCUT2D eigenvalue weighted by Gasteiger charge is -2.29. The Balaban J connectivity index is 2.04. The fourth-order valence-corrected chi connectivity index (χ4v) is 2.20. The van der Waals surface area contributed by atoms with Gasteiger partial charge in [-0.25, -0.2) is 4.79 Å². The van der Waals surface area contributed by atoms with Gasteiger partial charge in [-0.15, -0.1) is 0 Å². The third-order valence-corrected chi connectivity index (χ3v) is 3.05. The van der Waals surface area contributed by atoms with Crippen LogP contribution in [-0.2, 0) is 14.3 Å². The van der Waals surface area contributed by atoms with Crippen molar-refractivity contribution in [2.24, 2.45) is 0 Å². The SMILES string of the molecule is O=C(O)C1CC(O)CN1C(=O)C1CNCCO1. The fourth-order valence-electron chi connectivity index (χ4n) is 2.20. The molecular weight excluding hydrogens is 228 g/mol. The first-order valence-corrected chi connectivity index (χ1v) is 5.63. The van der Waals surface area contributed by atoms with Gasteiger partial charge in [0.2, 0.25) is 0 Å². The van der Waals surface area contributed by atoms with E-state index in [9.17, 15) is 14.7 Å². The van der Waals surface area contributed by atoms with Gasteiger partial charge < -0.3 is 25.2 Å². The Labute approximate surface area is 98.3 Å². The van der Waals surface area contributed by atoms with Crippen molar-refractivity contribution in [3.8, 4) is 0 Å². The first-order chi connectivity index (χ1) is 8.09. The Hall–Kier alpha value is -1.18. The summed E-state index contributed by atoms with van der Waals surface area (Å²) >= 11 is 0. The van der Waals surface area contributed by atoms with E-state index in [2.05, 4.69) is 5.32 Å². The topological polar surface area (TPSA) is 99.1 Å². The highest BCUT2D eigenvalue weighted by Gasteiger charge is 2.41. The number of hydrogen-bond donors (Lipinski definition) is 3. The standard InChI is InChI=1S/C10H16N2O5/c13-6-3-7(10(15)16)12(5-6)9(14)8-4-11-1-2-17-8/h6-8,11,13H,1-5H2,(H,15,16). The van der Waals surface area contributed by atoms with E-state index in [1.165, 1.54) is 4.90 Å². The summed E-state index contributed by atoms with van der Waals surface area (Å²) in [4.78, 5) is 24.2. The summed E-state index contributed by atoms with van der Waals surface area (Å²) in [5.41, 5.74) is 0. The molecule has 1 amide bonds. The second-order valence-corrected chi connectivity index (χ2v) is 4.30. The van der Waals surface area contributed by atoms with Crippen molar-refractivity contribution in [3.05, 3.63) is 0 Å². The molecule has 3 unspecified atom stereocenters. The van der Waals surface area contributed by atoms with Crippen LogP contribution in [0.5, 0.6) is 0 Å². The zero-order valence-electron chi connectivity index (χ0n) is 9.33. The Bertz CT molecular complexity index is 316. The summed E-state index contributed by atoms with van der Waals surface area (Å²) in [6.07, 6.45) is -1.33. The lowest BCUT2D eigenvalue weighted by molar-refractivity contribution is -0.154. The van der Waals surface area contributed by atoms with Gasteiger partial charge >= 0.3 is 5.97 Å². The molecule has 0 aromatic rings. The molecule has 2 aliphatic rings. The summed E-state index contributed by atoms with van der Waals surface area (Å²) in [7, 11) is 0. The molecule has 0 aromatic heterocycles. The molecule has 0 spiro atoms. The molecule has 2 rings (SSSR count). The lowest BCUT2D eigenvalue weighted by Crippen LogP contribution is -2.52. The Kier molecular flexibility index (Phi) is 3.60. The average molecular weight is 244 g/mol. The smallest absolute Gasteiger partial charge is 0.326 e. The van der Waals surface area contributed by atoms with E-state index < -0.39 is 24.2 Å². The number of carbonyl (C=O) groups excluding carboxylic acids is 1. The van der Waals surface area contributed by atoms with Crippen molar-refractivity contribution in [1.29, 1.82) is 0 Å². The highest BCUT2D eigenvalue weighted by Crippen LogP contribution is 2.20. The Morgan fingerprint density at radius 2 is 2.18 bits per heavy atom. The second-order valence-electron chi connectivity index (χ2n) is 4.30. The van der Waals surface area contributed by atoms with Gasteiger partial charge in [0.15, 0.2) is 0 Å². The number of ether oxygens (including phenoxy) is 1. The molecule has 96 valence electrons. The zero-order chi connectivity index (χ0) is 12.4. The molecule has 2 aliphatic heterocycles. The number of carbonyl (C=O) groups is 2. The number of aliphatic hydroxyl groups excluding tert-OH is 1. The quantitative estimate of drug-likeness (QED) is 0.520. The number of aliphatic carboxylic acids is 1. The fraction of sp³-hybridized carbons (Fsp3) is 0.800. The molecule has 0 bridgehead atoms. The number of likely N-dealkylation sites (tertiary alicyclic amines) is 1. The van der Waals surface area contributed by atoms with E-state index in [0.29, 0.717) is 19.7 Å². The highest BCUT2D eigenvalue weighted by atomic mass is 16.5. The van der Waals surface area contributed by atoms with Crippen LogP contribution in [-0.4, -0.2) is 71.5 Å². The van der Waals surface area contributed by atoms with Crippen molar-refractivity contribution >= 4 is 11.9 Å². The minimum Gasteiger partial charge on any atom is -0.480 e. The minimum absolute atomic E-state index is 0.0651. The summed E-state index contributed by atoms with van der Waals surface area (Å²) < 4.78 is 5.29. The van der Waals surface area contributed by atoms with Crippen molar-refractivity contribution < 1.29 is 24.5 Å². The summed E-state index contributed by atoms with van der Waals surface area (Å²) in [6, 6.07) is -0.942. The maximum absolute atomic E-state index is 12.0. The average Bonchev–Trinajstić information content (AvgIpc) is 2.72. The van der Waals surface area contributed by atoms with Gasteiger partial charge in [0.05, 0.1) is 12.7 Å². The Morgan fingerprint density at radius 3 is 2.76 bits per heavy atom. The third-order valence-electron chi connectivity index (χ3n) is 3.05. The predicted molar refractivity (Wildman–Crippen MR) is 56.4 cm³/mol. The van der Waals surface area contributed by atoms with Crippen molar-refractivity contribution in [3.63, 3.8) is 0 Å². The molecule has 0 saturated carbocycles. The van der Waals surface area contributed by atoms with Gasteiger partial charge in [0.25, 0.3) is 5.91 Å². The lowest BCUT2D eigenvalue weighted by atomic mass is 10.2. The molecule has 7 nitrogen and oxygen atoms in total. The van der Waals surface area contributed by atoms with Gasteiger partial charge in [0.1, 0.15) is 12.1 Å². The number of β-amino-alcohol motifs (C(OH)–C–C–N with tert-alkyl or cyclic N) is 1. The van der Waals surface area contributed by atoms with E-state index >= 15 is 0 Å². The second kappa shape index (κ2) is 4.99. The van der Waals surface area contributed by atoms with Crippen LogP contribution in [0.2, 0.25) is 0 Å². The molecule has 2 fully saturated rings. The third kappa shape index (κ3) is 2.56. The number of carboxylic acid groups (broad SMARTS) is 1. The normalized spacial score (nSPS) is 33.7. The molecule has 0 aliphatic carbocycles. The molecule has 3 atom stereocenters. The number of amides is 1. The summed E-state index contributed by atoms with van der Waals surface area (Å²) in [5, 5.41) is 21.5. The van der Waals surface area contributed by atoms with E-state index in [0.717, 1.165) is 0 Å². The van der Waals surface area contributed by atoms with Gasteiger partial charge in [-0.3, -0.25) is 4.79 Å². The largest absolute Gasteiger partial charge is 0.480 e. The molecule has 3 N–H and O–H groups in total. The number of nitrogens with one attached hydrogen (secondary N) is 1. The van der Waals surface area contributed by atoms with Crippen molar-refractivity contribution in [1.82, 2.24) is 10.2 Å². The highest BCUT2D eigenvalue weighted by molar-refractivity contribution is 5.87. The van der Waals surface area contributed by atoms with Crippen LogP contribution in [0, 0.1) is 0 Å². The van der Waals surface area contributed by atoms with E-state index in [4.69, 9.17) is 9.84 Å². The number of hydrogen-bond acceptors (Lipinski definition) is 5. The Morgan fingerprint density at radius 1 is 1.41 bits per heavy atom. The van der Waals surface area contributed by atoms with Gasteiger partial charge in [-0.1, -0.05) is 0 Å². The van der Waals surface area contributed by atoms with Gasteiger partial charge in [-0.05, 0) is 0 Å². The maximum Gasteiger partial charge on any atom is 0.326 e. The maximum atomic E-state index is 12.0. The van der Waals surface area contributed by atoms with E-state index in [-0.39, 0.29) is 18.9 Å². The van der Waals surface area contributed by atoms with E-state index in [1.54, 1.807) is 0 Å². The molecule has 7 heteroatoms. The number of nitrogens with zero attached hydrogens (tertiary/aromatic N) is 1. The van der Waals surface area contributed by atoms with Crippen LogP contribution < -0.4 is 5.32 Å². The minimum atomic E-state index is -1.08. The summed E-state index contributed by atoms with van der Waals surface area (Å²) in [5.74, 6) is -1.44. The molecule has 0 aromatic carbocycles. The number of carboxylic acids is 1. The van der Waals surface area contributed by atoms with Crippen molar-refractivity contribution in [2.45, 2.75) is 24.7 Å². The molecule has 0 radical (unpaired) electrons. The van der Waals surface area contributed by atoms with Gasteiger partial charge in [-0.2, -0.15) is 0 Å². The molecule has 2 saturated heterocycles. The number of aliphatic hydroxyl groups is 1. The van der Waals surface area contributed by atoms with Crippen molar-refractivity contribution in [2.75, 3.05) is 26.2 Å². The van der Waals surface area contributed by atoms with Crippen LogP contribution in [0.4, 0.5) is 0 Å². The van der Waals surface area contributed by atoms with Crippen LogP contribution in [0.25, 0.3) is 0 Å². The van der Waals surface area contributed by atoms with E-state index in [1.807, 2.05) is 0 Å². The number of morpholine rings is 1. The van der Waals surface area contributed by atoms with Gasteiger partial charge in [0, 0.05) is 26.1 Å². The van der Waals surface area contributed by atoms with Crippen LogP contribution in [0.15, 0.2) is 0 Å². The monoisotopic (exact) mass is 244 g/mol. The first kappa shape index (κ1) is 12.3. The van der Waals surface area contributed by atoms with Crippen LogP contribution >= 0.6 is 0 Å². The predicted octanol–water partition coefficient (Wildman–Crippen LogP) is -1.98.